The average molecular weight is 377 g/mol. The first-order valence-electron chi connectivity index (χ1n) is 9.20. The standard InChI is InChI=1S/C20H19N5O3/c26-20(15-7-11-17(12-8-15)25(27)28)21-16-9-5-14(6-10-16)19-23-22-18-4-2-1-3-13-24(18)19/h5-12H,1-4,13H2,(H,21,26). The van der Waals surface area contributed by atoms with Gasteiger partial charge in [-0.3, -0.25) is 14.9 Å². The van der Waals surface area contributed by atoms with Crippen molar-refractivity contribution in [3.05, 3.63) is 70.0 Å². The Hall–Kier alpha value is -3.55. The molecule has 0 saturated carbocycles. The molecule has 0 spiro atoms. The van der Waals surface area contributed by atoms with Crippen LogP contribution in [0.25, 0.3) is 11.4 Å². The predicted molar refractivity (Wildman–Crippen MR) is 104 cm³/mol. The van der Waals surface area contributed by atoms with Crippen LogP contribution in [0.4, 0.5) is 11.4 Å². The lowest BCUT2D eigenvalue weighted by Crippen LogP contribution is -2.11. The highest BCUT2D eigenvalue weighted by atomic mass is 16.6. The van der Waals surface area contributed by atoms with Crippen LogP contribution in [0, 0.1) is 10.1 Å². The molecule has 0 radical (unpaired) electrons. The number of carbonyl (C=O) groups excluding carboxylic acids is 1. The molecule has 1 aromatic heterocycles. The number of nitro benzene ring substituents is 1. The van der Waals surface area contributed by atoms with E-state index in [1.165, 1.54) is 30.7 Å². The molecule has 2 heterocycles. The van der Waals surface area contributed by atoms with Gasteiger partial charge in [-0.25, -0.2) is 0 Å². The molecule has 3 aromatic rings. The summed E-state index contributed by atoms with van der Waals surface area (Å²) in [6.45, 7) is 0.927. The molecule has 0 fully saturated rings. The Kier molecular flexibility index (Phi) is 4.84. The minimum absolute atomic E-state index is 0.0478. The molecule has 0 atom stereocenters. The second kappa shape index (κ2) is 7.59. The summed E-state index contributed by atoms with van der Waals surface area (Å²) in [5.74, 6) is 1.56. The highest BCUT2D eigenvalue weighted by Gasteiger charge is 2.16. The number of anilines is 1. The number of fused-ring (bicyclic) bond motifs is 1. The van der Waals surface area contributed by atoms with Gasteiger partial charge in [-0.15, -0.1) is 10.2 Å². The number of nitrogens with one attached hydrogen (secondary N) is 1. The summed E-state index contributed by atoms with van der Waals surface area (Å²) in [6.07, 6.45) is 4.43. The summed E-state index contributed by atoms with van der Waals surface area (Å²) in [5.41, 5.74) is 1.91. The zero-order valence-electron chi connectivity index (χ0n) is 15.2. The zero-order chi connectivity index (χ0) is 19.5. The third-order valence-electron chi connectivity index (χ3n) is 4.85. The van der Waals surface area contributed by atoms with E-state index in [0.717, 1.165) is 43.0 Å². The number of carbonyl (C=O) groups is 1. The van der Waals surface area contributed by atoms with E-state index in [1.54, 1.807) is 0 Å². The lowest BCUT2D eigenvalue weighted by Gasteiger charge is -2.09. The molecule has 142 valence electrons. The van der Waals surface area contributed by atoms with Gasteiger partial charge < -0.3 is 9.88 Å². The van der Waals surface area contributed by atoms with Crippen molar-refractivity contribution >= 4 is 17.3 Å². The molecule has 1 aliphatic heterocycles. The van der Waals surface area contributed by atoms with E-state index in [1.807, 2.05) is 24.3 Å². The molecule has 28 heavy (non-hydrogen) atoms. The van der Waals surface area contributed by atoms with Gasteiger partial charge in [0.05, 0.1) is 4.92 Å². The lowest BCUT2D eigenvalue weighted by atomic mass is 10.1. The Morgan fingerprint density at radius 3 is 2.46 bits per heavy atom. The van der Waals surface area contributed by atoms with Crippen LogP contribution in [-0.4, -0.2) is 25.6 Å². The summed E-state index contributed by atoms with van der Waals surface area (Å²) in [5, 5.41) is 22.2. The van der Waals surface area contributed by atoms with Crippen LogP contribution < -0.4 is 5.32 Å². The van der Waals surface area contributed by atoms with Gasteiger partial charge in [-0.05, 0) is 49.2 Å². The molecule has 8 heteroatoms. The number of nitrogens with zero attached hydrogens (tertiary/aromatic N) is 4. The number of aryl methyl sites for hydroxylation is 1. The Labute approximate surface area is 161 Å². The minimum atomic E-state index is -0.494. The van der Waals surface area contributed by atoms with Crippen LogP contribution in [0.3, 0.4) is 0 Å². The molecule has 0 unspecified atom stereocenters. The van der Waals surface area contributed by atoms with Crippen LogP contribution >= 0.6 is 0 Å². The molecule has 1 amide bonds. The molecule has 2 aromatic carbocycles. The van der Waals surface area contributed by atoms with E-state index < -0.39 is 4.92 Å². The maximum Gasteiger partial charge on any atom is 0.269 e. The number of rotatable bonds is 4. The number of amides is 1. The smallest absolute Gasteiger partial charge is 0.269 e. The molecular formula is C20H19N5O3. The SMILES string of the molecule is O=C(Nc1ccc(-c2nnc3n2CCCCC3)cc1)c1ccc([N+](=O)[O-])cc1. The molecule has 0 aliphatic carbocycles. The van der Waals surface area contributed by atoms with Crippen LogP contribution in [0.1, 0.15) is 35.4 Å². The van der Waals surface area contributed by atoms with Gasteiger partial charge in [0.1, 0.15) is 5.82 Å². The second-order valence-electron chi connectivity index (χ2n) is 6.74. The normalized spacial score (nSPS) is 13.4. The molecule has 0 saturated heterocycles. The summed E-state index contributed by atoms with van der Waals surface area (Å²) in [4.78, 5) is 22.5. The van der Waals surface area contributed by atoms with Gasteiger partial charge in [-0.2, -0.15) is 0 Å². The summed E-state index contributed by atoms with van der Waals surface area (Å²) >= 11 is 0. The minimum Gasteiger partial charge on any atom is -0.322 e. The number of hydrogen-bond acceptors (Lipinski definition) is 5. The lowest BCUT2D eigenvalue weighted by molar-refractivity contribution is -0.384. The van der Waals surface area contributed by atoms with Crippen molar-refractivity contribution in [2.45, 2.75) is 32.2 Å². The zero-order valence-corrected chi connectivity index (χ0v) is 15.2. The summed E-state index contributed by atoms with van der Waals surface area (Å²) in [6, 6.07) is 13.0. The first-order valence-corrected chi connectivity index (χ1v) is 9.20. The van der Waals surface area contributed by atoms with Crippen LogP contribution in [0.5, 0.6) is 0 Å². The van der Waals surface area contributed by atoms with Gasteiger partial charge in [0.2, 0.25) is 0 Å². The number of benzene rings is 2. The van der Waals surface area contributed by atoms with Gasteiger partial charge in [0.25, 0.3) is 11.6 Å². The number of aromatic nitrogens is 3. The Bertz CT molecular complexity index is 1010. The molecule has 8 nitrogen and oxygen atoms in total. The topological polar surface area (TPSA) is 103 Å². The third-order valence-corrected chi connectivity index (χ3v) is 4.85. The van der Waals surface area contributed by atoms with Crippen LogP contribution in [0.2, 0.25) is 0 Å². The largest absolute Gasteiger partial charge is 0.322 e. The highest BCUT2D eigenvalue weighted by molar-refractivity contribution is 6.04. The van der Waals surface area contributed by atoms with Crippen molar-refractivity contribution in [2.75, 3.05) is 5.32 Å². The van der Waals surface area contributed by atoms with Crippen molar-refractivity contribution in [3.8, 4) is 11.4 Å². The van der Waals surface area contributed by atoms with E-state index in [0.29, 0.717) is 11.3 Å². The quantitative estimate of drug-likeness (QED) is 0.550. The fourth-order valence-electron chi connectivity index (χ4n) is 3.34. The molecule has 0 bridgehead atoms. The summed E-state index contributed by atoms with van der Waals surface area (Å²) in [7, 11) is 0. The number of nitro groups is 1. The third kappa shape index (κ3) is 3.62. The maximum absolute atomic E-state index is 12.3. The molecule has 4 rings (SSSR count). The molecule has 1 N–H and O–H groups in total. The fourth-order valence-corrected chi connectivity index (χ4v) is 3.34. The highest BCUT2D eigenvalue weighted by Crippen LogP contribution is 2.24. The number of hydrogen-bond donors (Lipinski definition) is 1. The van der Waals surface area contributed by atoms with Crippen molar-refractivity contribution in [2.24, 2.45) is 0 Å². The second-order valence-corrected chi connectivity index (χ2v) is 6.74. The maximum atomic E-state index is 12.3. The van der Waals surface area contributed by atoms with Gasteiger partial charge in [0.15, 0.2) is 5.82 Å². The Morgan fingerprint density at radius 1 is 1.00 bits per heavy atom. The molecular weight excluding hydrogens is 358 g/mol. The summed E-state index contributed by atoms with van der Waals surface area (Å²) < 4.78 is 2.18. The average Bonchev–Trinajstić information content (AvgIpc) is 2.96. The van der Waals surface area contributed by atoms with Crippen molar-refractivity contribution in [1.29, 1.82) is 0 Å². The van der Waals surface area contributed by atoms with Crippen molar-refractivity contribution in [1.82, 2.24) is 14.8 Å². The van der Waals surface area contributed by atoms with Gasteiger partial charge in [-0.1, -0.05) is 6.42 Å². The van der Waals surface area contributed by atoms with Crippen LogP contribution in [-0.2, 0) is 13.0 Å². The van der Waals surface area contributed by atoms with Gasteiger partial charge in [0, 0.05) is 41.9 Å². The Morgan fingerprint density at radius 2 is 1.75 bits per heavy atom. The van der Waals surface area contributed by atoms with Gasteiger partial charge >= 0.3 is 0 Å². The predicted octanol–water partition coefficient (Wildman–Crippen LogP) is 3.83. The monoisotopic (exact) mass is 377 g/mol. The first-order chi connectivity index (χ1) is 13.6. The van der Waals surface area contributed by atoms with E-state index in [9.17, 15) is 14.9 Å². The Balaban J connectivity index is 1.48. The van der Waals surface area contributed by atoms with E-state index in [-0.39, 0.29) is 11.6 Å². The molecule has 1 aliphatic rings. The van der Waals surface area contributed by atoms with Crippen molar-refractivity contribution < 1.29 is 9.72 Å². The van der Waals surface area contributed by atoms with E-state index in [4.69, 9.17) is 0 Å². The van der Waals surface area contributed by atoms with E-state index >= 15 is 0 Å². The van der Waals surface area contributed by atoms with Crippen molar-refractivity contribution in [3.63, 3.8) is 0 Å². The van der Waals surface area contributed by atoms with Crippen LogP contribution in [0.15, 0.2) is 48.5 Å². The fraction of sp³-hybridized carbons (Fsp3) is 0.250. The van der Waals surface area contributed by atoms with E-state index in [2.05, 4.69) is 20.1 Å². The number of non-ortho nitro benzene ring substituents is 1. The first kappa shape index (κ1) is 17.8.